The molecule has 2 aromatic heterocycles. The number of nitrogens with zero attached hydrogens (tertiary/aromatic N) is 5. The summed E-state index contributed by atoms with van der Waals surface area (Å²) >= 11 is 6.10. The summed E-state index contributed by atoms with van der Waals surface area (Å²) in [5, 5.41) is 10.3. The lowest BCUT2D eigenvalue weighted by Crippen LogP contribution is -2.37. The minimum Gasteiger partial charge on any atom is -0.493 e. The zero-order valence-corrected chi connectivity index (χ0v) is 24.1. The normalized spacial score (nSPS) is 15.3. The van der Waals surface area contributed by atoms with E-state index in [0.717, 1.165) is 48.9 Å². The van der Waals surface area contributed by atoms with E-state index in [1.807, 2.05) is 30.0 Å². The van der Waals surface area contributed by atoms with Gasteiger partial charge in [0.25, 0.3) is 5.56 Å². The van der Waals surface area contributed by atoms with Crippen molar-refractivity contribution in [3.63, 3.8) is 0 Å². The van der Waals surface area contributed by atoms with Crippen LogP contribution in [-0.4, -0.2) is 57.9 Å². The molecule has 0 spiro atoms. The van der Waals surface area contributed by atoms with Gasteiger partial charge < -0.3 is 24.8 Å². The molecule has 43 heavy (non-hydrogen) atoms. The maximum atomic E-state index is 14.0. The van der Waals surface area contributed by atoms with E-state index in [-0.39, 0.29) is 28.6 Å². The van der Waals surface area contributed by atoms with Crippen LogP contribution in [0.1, 0.15) is 30.2 Å². The van der Waals surface area contributed by atoms with Crippen molar-refractivity contribution in [1.29, 1.82) is 0 Å². The number of ether oxygens (including phenoxy) is 1. The zero-order chi connectivity index (χ0) is 30.3. The molecule has 2 aliphatic heterocycles. The summed E-state index contributed by atoms with van der Waals surface area (Å²) in [7, 11) is 0. The van der Waals surface area contributed by atoms with E-state index < -0.39 is 17.6 Å². The molecule has 0 atom stereocenters. The molecule has 0 saturated carbocycles. The number of benzene rings is 2. The first-order chi connectivity index (χ1) is 20.6. The number of hydrogen-bond acceptors (Lipinski definition) is 7. The number of fused-ring (bicyclic) bond motifs is 2. The zero-order valence-electron chi connectivity index (χ0n) is 23.3. The molecule has 14 heteroatoms. The van der Waals surface area contributed by atoms with Crippen molar-refractivity contribution in [2.45, 2.75) is 38.9 Å². The first-order valence-electron chi connectivity index (χ1n) is 14.0. The highest BCUT2D eigenvalue weighted by Gasteiger charge is 2.31. The highest BCUT2D eigenvalue weighted by atomic mass is 35.5. The van der Waals surface area contributed by atoms with Crippen LogP contribution in [0, 0.1) is 0 Å². The molecular weight excluding hydrogens is 587 g/mol. The predicted octanol–water partition coefficient (Wildman–Crippen LogP) is 4.17. The van der Waals surface area contributed by atoms with Gasteiger partial charge in [0.1, 0.15) is 18.0 Å². The number of anilines is 2. The summed E-state index contributed by atoms with van der Waals surface area (Å²) in [6.45, 7) is 4.94. The standard InChI is InChI=1S/C29H29ClF3N7O3/c1-2-22-25(38-11-3-9-34-10-12-38)27(42)40-28(36-26(37-40)18-4-7-23-17(14-18)8-13-43-23)39(22)16-24(41)35-21-6-5-19(15-20(21)30)29(31,32)33/h4-7,14-15,34H,2-3,8-13,16H2,1H3,(H,35,41). The molecular formula is C29H29ClF3N7O3. The van der Waals surface area contributed by atoms with Crippen LogP contribution in [-0.2, 0) is 30.4 Å². The fourth-order valence-corrected chi connectivity index (χ4v) is 5.80. The molecule has 0 unspecified atom stereocenters. The molecule has 2 aromatic carbocycles. The van der Waals surface area contributed by atoms with Gasteiger partial charge in [-0.3, -0.25) is 9.59 Å². The first kappa shape index (κ1) is 29.0. The molecule has 4 heterocycles. The largest absolute Gasteiger partial charge is 0.493 e. The van der Waals surface area contributed by atoms with E-state index >= 15 is 0 Å². The van der Waals surface area contributed by atoms with Gasteiger partial charge in [-0.2, -0.15) is 22.7 Å². The Morgan fingerprint density at radius 2 is 2.00 bits per heavy atom. The van der Waals surface area contributed by atoms with E-state index in [1.54, 1.807) is 4.57 Å². The van der Waals surface area contributed by atoms with Crippen molar-refractivity contribution in [2.24, 2.45) is 0 Å². The van der Waals surface area contributed by atoms with E-state index in [1.165, 1.54) is 4.52 Å². The second-order valence-electron chi connectivity index (χ2n) is 10.4. The van der Waals surface area contributed by atoms with Crippen LogP contribution in [0.4, 0.5) is 24.5 Å². The number of nitrogens with one attached hydrogen (secondary N) is 2. The fraction of sp³-hybridized carbons (Fsp3) is 0.379. The van der Waals surface area contributed by atoms with Gasteiger partial charge in [-0.25, -0.2) is 0 Å². The van der Waals surface area contributed by atoms with Crippen molar-refractivity contribution < 1.29 is 22.7 Å². The summed E-state index contributed by atoms with van der Waals surface area (Å²) < 4.78 is 47.8. The van der Waals surface area contributed by atoms with Crippen LogP contribution in [0.15, 0.2) is 41.2 Å². The second kappa shape index (κ2) is 11.5. The third kappa shape index (κ3) is 5.66. The Kier molecular flexibility index (Phi) is 7.77. The minimum atomic E-state index is -4.57. The minimum absolute atomic E-state index is 0.0381. The molecule has 0 radical (unpaired) electrons. The van der Waals surface area contributed by atoms with E-state index in [4.69, 9.17) is 21.3 Å². The topological polar surface area (TPSA) is 106 Å². The number of rotatable bonds is 6. The molecule has 226 valence electrons. The molecule has 1 saturated heterocycles. The summed E-state index contributed by atoms with van der Waals surface area (Å²) in [4.78, 5) is 34.1. The van der Waals surface area contributed by atoms with E-state index in [0.29, 0.717) is 55.4 Å². The van der Waals surface area contributed by atoms with Gasteiger partial charge in [-0.05, 0) is 61.3 Å². The van der Waals surface area contributed by atoms with E-state index in [9.17, 15) is 22.8 Å². The number of halogens is 4. The number of carbonyl (C=O) groups is 1. The van der Waals surface area contributed by atoms with Crippen LogP contribution in [0.5, 0.6) is 5.75 Å². The molecule has 1 fully saturated rings. The molecule has 1 amide bonds. The van der Waals surface area contributed by atoms with Crippen molar-refractivity contribution in [1.82, 2.24) is 24.5 Å². The Balaban J connectivity index is 1.43. The lowest BCUT2D eigenvalue weighted by atomic mass is 10.1. The van der Waals surface area contributed by atoms with Gasteiger partial charge in [-0.15, -0.1) is 5.10 Å². The molecule has 2 aliphatic rings. The molecule has 0 bridgehead atoms. The van der Waals surface area contributed by atoms with Gasteiger partial charge in [0.05, 0.1) is 28.6 Å². The summed E-state index contributed by atoms with van der Waals surface area (Å²) in [5.41, 5.74) is 1.56. The van der Waals surface area contributed by atoms with Crippen LogP contribution < -0.4 is 25.8 Å². The van der Waals surface area contributed by atoms with E-state index in [2.05, 4.69) is 15.7 Å². The molecule has 0 aliphatic carbocycles. The van der Waals surface area contributed by atoms with Crippen molar-refractivity contribution in [2.75, 3.05) is 43.0 Å². The predicted molar refractivity (Wildman–Crippen MR) is 156 cm³/mol. The van der Waals surface area contributed by atoms with Gasteiger partial charge >= 0.3 is 6.18 Å². The van der Waals surface area contributed by atoms with Crippen molar-refractivity contribution in [3.05, 3.63) is 68.6 Å². The first-order valence-corrected chi connectivity index (χ1v) is 14.4. The van der Waals surface area contributed by atoms with Crippen LogP contribution in [0.2, 0.25) is 5.02 Å². The van der Waals surface area contributed by atoms with Gasteiger partial charge in [0.15, 0.2) is 5.82 Å². The number of aromatic nitrogens is 4. The van der Waals surface area contributed by atoms with Crippen LogP contribution in [0.25, 0.3) is 17.2 Å². The average Bonchev–Trinajstić information content (AvgIpc) is 3.55. The third-order valence-electron chi connectivity index (χ3n) is 7.64. The van der Waals surface area contributed by atoms with Crippen molar-refractivity contribution >= 4 is 34.7 Å². The maximum absolute atomic E-state index is 14.0. The second-order valence-corrected chi connectivity index (χ2v) is 10.8. The monoisotopic (exact) mass is 615 g/mol. The Morgan fingerprint density at radius 3 is 2.77 bits per heavy atom. The highest BCUT2D eigenvalue weighted by molar-refractivity contribution is 6.33. The quantitative estimate of drug-likeness (QED) is 0.336. The Labute approximate surface area is 249 Å². The van der Waals surface area contributed by atoms with Crippen molar-refractivity contribution in [3.8, 4) is 17.1 Å². The van der Waals surface area contributed by atoms with Crippen LogP contribution >= 0.6 is 11.6 Å². The maximum Gasteiger partial charge on any atom is 0.416 e. The molecule has 4 aromatic rings. The SMILES string of the molecule is CCc1c(N2CCCNCC2)c(=O)n2nc(-c3ccc4c(c3)CCO4)nc2n1CC(=O)Nc1ccc(C(F)(F)F)cc1Cl. The van der Waals surface area contributed by atoms with Gasteiger partial charge in [0, 0.05) is 31.6 Å². The summed E-state index contributed by atoms with van der Waals surface area (Å²) in [5.74, 6) is 0.753. The third-order valence-corrected chi connectivity index (χ3v) is 7.95. The Bertz CT molecular complexity index is 1760. The molecule has 6 rings (SSSR count). The number of alkyl halides is 3. The fourth-order valence-electron chi connectivity index (χ4n) is 5.57. The Morgan fingerprint density at radius 1 is 1.16 bits per heavy atom. The molecule has 2 N–H and O–H groups in total. The Hall–Kier alpha value is -4.10. The lowest BCUT2D eigenvalue weighted by molar-refractivity contribution is -0.137. The average molecular weight is 616 g/mol. The lowest BCUT2D eigenvalue weighted by Gasteiger charge is -2.26. The summed E-state index contributed by atoms with van der Waals surface area (Å²) in [6.07, 6.45) is -2.57. The van der Waals surface area contributed by atoms with Gasteiger partial charge in [-0.1, -0.05) is 18.5 Å². The highest BCUT2D eigenvalue weighted by Crippen LogP contribution is 2.34. The number of carbonyl (C=O) groups excluding carboxylic acids is 1. The molecule has 10 nitrogen and oxygen atoms in total. The number of amides is 1. The number of hydrogen-bond donors (Lipinski definition) is 2. The summed E-state index contributed by atoms with van der Waals surface area (Å²) in [6, 6.07) is 8.36. The van der Waals surface area contributed by atoms with Gasteiger partial charge in [0.2, 0.25) is 11.7 Å². The smallest absolute Gasteiger partial charge is 0.416 e. The van der Waals surface area contributed by atoms with Crippen LogP contribution in [0.3, 0.4) is 0 Å².